The van der Waals surface area contributed by atoms with Gasteiger partial charge in [0, 0.05) is 16.8 Å². The molecule has 2 amide bonds. The van der Waals surface area contributed by atoms with Gasteiger partial charge < -0.3 is 20.0 Å². The number of aliphatic hydroxyl groups excluding tert-OH is 1. The minimum atomic E-state index is -0.974. The summed E-state index contributed by atoms with van der Waals surface area (Å²) < 4.78 is -1.40. The van der Waals surface area contributed by atoms with E-state index in [9.17, 15) is 24.6 Å². The Morgan fingerprint density at radius 2 is 1.86 bits per heavy atom. The molecule has 3 fully saturated rings. The van der Waals surface area contributed by atoms with Crippen molar-refractivity contribution in [2.45, 2.75) is 108 Å². The van der Waals surface area contributed by atoms with Crippen molar-refractivity contribution in [3.63, 3.8) is 0 Å². The van der Waals surface area contributed by atoms with Crippen LogP contribution in [0.1, 0.15) is 81.1 Å². The van der Waals surface area contributed by atoms with Crippen molar-refractivity contribution >= 4 is 29.5 Å². The molecule has 0 radical (unpaired) electrons. The molecule has 204 valence electrons. The van der Waals surface area contributed by atoms with Gasteiger partial charge in [0.15, 0.2) is 0 Å². The fraction of sp³-hybridized carbons (Fsp3) is 0.821. The molecule has 2 unspecified atom stereocenters. The Kier molecular flexibility index (Phi) is 7.78. The lowest BCUT2D eigenvalue weighted by Crippen LogP contribution is -2.61. The van der Waals surface area contributed by atoms with E-state index in [0.717, 1.165) is 6.42 Å². The molecule has 3 rings (SSSR count). The van der Waals surface area contributed by atoms with Gasteiger partial charge in [-0.15, -0.1) is 18.3 Å². The summed E-state index contributed by atoms with van der Waals surface area (Å²) in [6, 6.07) is -1.36. The summed E-state index contributed by atoms with van der Waals surface area (Å²) in [5.41, 5.74) is -0.556. The molecule has 3 aliphatic heterocycles. The van der Waals surface area contributed by atoms with Crippen LogP contribution in [0, 0.1) is 23.2 Å². The molecule has 0 aromatic rings. The first kappa shape index (κ1) is 29.0. The van der Waals surface area contributed by atoms with Crippen LogP contribution in [0.25, 0.3) is 0 Å². The minimum absolute atomic E-state index is 0.0388. The zero-order chi connectivity index (χ0) is 27.4. The van der Waals surface area contributed by atoms with Crippen molar-refractivity contribution in [1.29, 1.82) is 0 Å². The van der Waals surface area contributed by atoms with E-state index in [0.29, 0.717) is 25.8 Å². The van der Waals surface area contributed by atoms with Crippen molar-refractivity contribution in [2.75, 3.05) is 13.2 Å². The van der Waals surface area contributed by atoms with Gasteiger partial charge in [-0.25, -0.2) is 0 Å². The van der Waals surface area contributed by atoms with Crippen molar-refractivity contribution < 1.29 is 24.6 Å². The highest BCUT2D eigenvalue weighted by molar-refractivity contribution is 8.02. The highest BCUT2D eigenvalue weighted by atomic mass is 32.2. The Labute approximate surface area is 221 Å². The number of likely N-dealkylation sites (tertiary alicyclic amines) is 1. The highest BCUT2D eigenvalue weighted by Gasteiger charge is 2.78. The van der Waals surface area contributed by atoms with Crippen LogP contribution in [0.2, 0.25) is 0 Å². The molecule has 3 heterocycles. The first-order chi connectivity index (χ1) is 16.5. The van der Waals surface area contributed by atoms with E-state index < -0.39 is 44.9 Å². The first-order valence-corrected chi connectivity index (χ1v) is 14.1. The maximum Gasteiger partial charge on any atom is 0.308 e. The number of amides is 2. The van der Waals surface area contributed by atoms with Crippen LogP contribution in [0.4, 0.5) is 0 Å². The summed E-state index contributed by atoms with van der Waals surface area (Å²) in [5, 5.41) is 20.6. The second kappa shape index (κ2) is 9.64. The Morgan fingerprint density at radius 1 is 1.25 bits per heavy atom. The minimum Gasteiger partial charge on any atom is -0.481 e. The van der Waals surface area contributed by atoms with E-state index in [1.165, 1.54) is 11.8 Å². The molecule has 3 aliphatic rings. The summed E-state index contributed by atoms with van der Waals surface area (Å²) >= 11 is 1.54. The van der Waals surface area contributed by atoms with Gasteiger partial charge in [-0.3, -0.25) is 14.4 Å². The quantitative estimate of drug-likeness (QED) is 0.418. The van der Waals surface area contributed by atoms with E-state index >= 15 is 0 Å². The molecule has 2 N–H and O–H groups in total. The van der Waals surface area contributed by atoms with Crippen LogP contribution >= 0.6 is 11.8 Å². The van der Waals surface area contributed by atoms with Crippen molar-refractivity contribution in [2.24, 2.45) is 23.2 Å². The third kappa shape index (κ3) is 4.72. The Balaban J connectivity index is 2.17. The van der Waals surface area contributed by atoms with E-state index in [-0.39, 0.29) is 29.8 Å². The molecule has 3 saturated heterocycles. The number of carboxylic acids is 1. The summed E-state index contributed by atoms with van der Waals surface area (Å²) in [7, 11) is 0. The second-order valence-corrected chi connectivity index (χ2v) is 15.5. The molecule has 8 heteroatoms. The summed E-state index contributed by atoms with van der Waals surface area (Å²) in [5.74, 6) is -2.85. The number of hydrogen-bond acceptors (Lipinski definition) is 5. The number of thioether (sulfide) groups is 1. The van der Waals surface area contributed by atoms with Gasteiger partial charge >= 0.3 is 5.97 Å². The zero-order valence-corrected chi connectivity index (χ0v) is 24.2. The third-order valence-electron chi connectivity index (χ3n) is 8.33. The van der Waals surface area contributed by atoms with Crippen LogP contribution in [0.15, 0.2) is 12.7 Å². The van der Waals surface area contributed by atoms with Gasteiger partial charge in [-0.1, -0.05) is 40.7 Å². The maximum absolute atomic E-state index is 14.7. The van der Waals surface area contributed by atoms with Crippen LogP contribution in [-0.4, -0.2) is 78.1 Å². The number of aliphatic hydroxyl groups is 1. The number of rotatable bonds is 10. The van der Waals surface area contributed by atoms with Gasteiger partial charge in [0.05, 0.1) is 29.2 Å². The van der Waals surface area contributed by atoms with Crippen LogP contribution < -0.4 is 0 Å². The van der Waals surface area contributed by atoms with E-state index in [2.05, 4.69) is 27.4 Å². The lowest BCUT2D eigenvalue weighted by atomic mass is 9.66. The molecule has 7 nitrogen and oxygen atoms in total. The molecule has 36 heavy (non-hydrogen) atoms. The molecular formula is C28H46N2O5S. The van der Waals surface area contributed by atoms with E-state index in [1.807, 2.05) is 39.5 Å². The molecule has 0 aromatic heterocycles. The molecule has 1 spiro atoms. The van der Waals surface area contributed by atoms with Gasteiger partial charge in [-0.05, 0) is 57.8 Å². The predicted octanol–water partition coefficient (Wildman–Crippen LogP) is 4.19. The molecular weight excluding hydrogens is 476 g/mol. The topological polar surface area (TPSA) is 98.2 Å². The number of nitrogens with zero attached hydrogens (tertiary/aromatic N) is 2. The first-order valence-electron chi connectivity index (χ1n) is 13.2. The molecule has 0 saturated carbocycles. The Morgan fingerprint density at radius 3 is 2.33 bits per heavy atom. The number of carbonyl (C=O) groups is 3. The summed E-state index contributed by atoms with van der Waals surface area (Å²) in [6.45, 7) is 20.5. The normalized spacial score (nSPS) is 32.7. The molecule has 0 aliphatic carbocycles. The monoisotopic (exact) mass is 522 g/mol. The number of aliphatic carboxylic acids is 1. The Bertz CT molecular complexity index is 912. The van der Waals surface area contributed by atoms with Crippen molar-refractivity contribution in [1.82, 2.24) is 9.80 Å². The summed E-state index contributed by atoms with van der Waals surface area (Å²) in [6.07, 6.45) is 4.27. The maximum atomic E-state index is 14.7. The van der Waals surface area contributed by atoms with Crippen molar-refractivity contribution in [3.8, 4) is 0 Å². The number of carboxylic acid groups (broad SMARTS) is 1. The molecule has 2 bridgehead atoms. The Hall–Kier alpha value is -1.54. The van der Waals surface area contributed by atoms with Gasteiger partial charge in [-0.2, -0.15) is 0 Å². The van der Waals surface area contributed by atoms with Crippen LogP contribution in [0.3, 0.4) is 0 Å². The third-order valence-corrected chi connectivity index (χ3v) is 10.3. The van der Waals surface area contributed by atoms with E-state index in [1.54, 1.807) is 11.0 Å². The van der Waals surface area contributed by atoms with Gasteiger partial charge in [0.2, 0.25) is 11.8 Å². The average Bonchev–Trinajstić information content (AvgIpc) is 3.28. The zero-order valence-electron chi connectivity index (χ0n) is 23.3. The lowest BCUT2D eigenvalue weighted by molar-refractivity contribution is -0.151. The van der Waals surface area contributed by atoms with E-state index in [4.69, 9.17) is 0 Å². The van der Waals surface area contributed by atoms with Crippen molar-refractivity contribution in [3.05, 3.63) is 12.7 Å². The number of hydrogen-bond donors (Lipinski definition) is 2. The smallest absolute Gasteiger partial charge is 0.308 e. The van der Waals surface area contributed by atoms with Crippen LogP contribution in [-0.2, 0) is 14.4 Å². The lowest BCUT2D eigenvalue weighted by Gasteiger charge is -2.46. The highest BCUT2D eigenvalue weighted by Crippen LogP contribution is 2.71. The summed E-state index contributed by atoms with van der Waals surface area (Å²) in [4.78, 5) is 44.7. The predicted molar refractivity (Wildman–Crippen MR) is 144 cm³/mol. The van der Waals surface area contributed by atoms with Gasteiger partial charge in [0.1, 0.15) is 6.04 Å². The van der Waals surface area contributed by atoms with Gasteiger partial charge in [0.25, 0.3) is 0 Å². The average molecular weight is 523 g/mol. The van der Waals surface area contributed by atoms with Crippen LogP contribution in [0.5, 0.6) is 0 Å². The fourth-order valence-electron chi connectivity index (χ4n) is 7.54. The SMILES string of the molecule is C=CCN(C(=O)C1N([C@@H](CO)CC(C)C)C(=O)[C@@H]2[C@@H](C(=O)O)[C@@]3(C)CCC12S3)C(C)(C)CC(C)(C)C. The number of fused-ring (bicyclic) bond motifs is 1. The molecule has 0 aromatic carbocycles. The second-order valence-electron chi connectivity index (χ2n) is 13.6. The fourth-order valence-corrected chi connectivity index (χ4v) is 9.87. The largest absolute Gasteiger partial charge is 0.481 e. The molecule has 6 atom stereocenters. The number of carbonyl (C=O) groups excluding carboxylic acids is 2. The standard InChI is InChI=1S/C28H46N2O5S/c1-10-13-29(26(7,8)16-25(4,5)6)23(33)21-28-12-11-27(9,36-28)20(24(34)35)19(28)22(32)30(21)18(15-31)14-17(2)3/h10,17-21,31H,1,11-16H2,2-9H3,(H,34,35)/t18-,19+,20+,21?,27-,28?/m1/s1.